The Kier molecular flexibility index (Phi) is 8.54. The van der Waals surface area contributed by atoms with E-state index < -0.39 is 17.3 Å². The molecule has 9 nitrogen and oxygen atoms in total. The minimum atomic E-state index is -4.73. The third-order valence-electron chi connectivity index (χ3n) is 8.05. The summed E-state index contributed by atoms with van der Waals surface area (Å²) in [6.45, 7) is 6.17. The van der Waals surface area contributed by atoms with Crippen LogP contribution in [0.1, 0.15) is 56.9 Å². The molecule has 3 heterocycles. The van der Waals surface area contributed by atoms with E-state index in [4.69, 9.17) is 9.72 Å². The van der Waals surface area contributed by atoms with Crippen LogP contribution in [0.25, 0.3) is 22.4 Å². The van der Waals surface area contributed by atoms with Gasteiger partial charge in [0.25, 0.3) is 5.56 Å². The molecular formula is C31H32BF3N6O3. The van der Waals surface area contributed by atoms with Crippen molar-refractivity contribution in [1.82, 2.24) is 19.7 Å². The molecule has 2 aromatic heterocycles. The molecule has 1 aliphatic heterocycles. The molecule has 1 amide bonds. The summed E-state index contributed by atoms with van der Waals surface area (Å²) < 4.78 is 48.5. The van der Waals surface area contributed by atoms with Crippen LogP contribution in [-0.2, 0) is 24.4 Å². The highest BCUT2D eigenvalue weighted by Gasteiger charge is 2.41. The summed E-state index contributed by atoms with van der Waals surface area (Å²) in [5.41, 5.74) is 1.36. The highest BCUT2D eigenvalue weighted by atomic mass is 19.4. The SMILES string of the molecule is CCCc1nn(C)c2c(=O)[nH]c(-c3cc(BC4CC(=O)N(c5ccc(C#N)c(C(F)(F)F)c5)C4CC)ccc3OCC)nc12. The fourth-order valence-corrected chi connectivity index (χ4v) is 6.18. The molecule has 2 unspecified atom stereocenters. The maximum absolute atomic E-state index is 13.7. The van der Waals surface area contributed by atoms with Crippen LogP contribution in [0.5, 0.6) is 5.75 Å². The van der Waals surface area contributed by atoms with Crippen molar-refractivity contribution in [1.29, 1.82) is 5.26 Å². The van der Waals surface area contributed by atoms with Gasteiger partial charge in [-0.15, -0.1) is 0 Å². The smallest absolute Gasteiger partial charge is 0.417 e. The monoisotopic (exact) mass is 604 g/mol. The number of hydrogen-bond acceptors (Lipinski definition) is 6. The van der Waals surface area contributed by atoms with E-state index in [1.807, 2.05) is 32.9 Å². The highest BCUT2D eigenvalue weighted by Crippen LogP contribution is 2.40. The lowest BCUT2D eigenvalue weighted by Gasteiger charge is -2.28. The van der Waals surface area contributed by atoms with E-state index in [-0.39, 0.29) is 35.4 Å². The number of fused-ring (bicyclic) bond motifs is 1. The molecule has 0 aliphatic carbocycles. The number of nitriles is 1. The van der Waals surface area contributed by atoms with Crippen LogP contribution in [0.3, 0.4) is 0 Å². The summed E-state index contributed by atoms with van der Waals surface area (Å²) in [5.74, 6) is 0.411. The predicted octanol–water partition coefficient (Wildman–Crippen LogP) is 4.63. The van der Waals surface area contributed by atoms with Crippen molar-refractivity contribution < 1.29 is 22.7 Å². The number of anilines is 1. The summed E-state index contributed by atoms with van der Waals surface area (Å²) in [5, 5.41) is 13.7. The number of aromatic amines is 1. The number of benzene rings is 2. The van der Waals surface area contributed by atoms with Gasteiger partial charge >= 0.3 is 6.18 Å². The quantitative estimate of drug-likeness (QED) is 0.279. The average molecular weight is 604 g/mol. The average Bonchev–Trinajstić information content (AvgIpc) is 3.48. The maximum Gasteiger partial charge on any atom is 0.417 e. The van der Waals surface area contributed by atoms with Crippen molar-refractivity contribution >= 4 is 35.4 Å². The first-order valence-electron chi connectivity index (χ1n) is 14.7. The zero-order chi connectivity index (χ0) is 31.8. The van der Waals surface area contributed by atoms with Gasteiger partial charge in [0.1, 0.15) is 17.1 Å². The summed E-state index contributed by atoms with van der Waals surface area (Å²) in [7, 11) is 2.17. The minimum absolute atomic E-state index is 0.123. The van der Waals surface area contributed by atoms with Crippen molar-refractivity contribution in [2.45, 2.75) is 64.5 Å². The van der Waals surface area contributed by atoms with Gasteiger partial charge in [-0.25, -0.2) is 4.98 Å². The molecule has 2 atom stereocenters. The second-order valence-electron chi connectivity index (χ2n) is 10.9. The minimum Gasteiger partial charge on any atom is -0.493 e. The van der Waals surface area contributed by atoms with Crippen molar-refractivity contribution in [2.75, 3.05) is 11.5 Å². The number of amides is 1. The van der Waals surface area contributed by atoms with Gasteiger partial charge in [-0.05, 0) is 49.8 Å². The largest absolute Gasteiger partial charge is 0.493 e. The maximum atomic E-state index is 13.7. The zero-order valence-electron chi connectivity index (χ0n) is 25.0. The molecule has 5 rings (SSSR count). The molecule has 1 N–H and O–H groups in total. The number of aryl methyl sites for hydroxylation is 2. The predicted molar refractivity (Wildman–Crippen MR) is 163 cm³/mol. The number of carbonyl (C=O) groups is 1. The Morgan fingerprint density at radius 2 is 1.93 bits per heavy atom. The molecule has 0 bridgehead atoms. The lowest BCUT2D eigenvalue weighted by atomic mass is 9.56. The van der Waals surface area contributed by atoms with Crippen LogP contribution in [-0.4, -0.2) is 45.6 Å². The van der Waals surface area contributed by atoms with Gasteiger partial charge < -0.3 is 14.6 Å². The Balaban J connectivity index is 1.51. The van der Waals surface area contributed by atoms with Gasteiger partial charge in [0.15, 0.2) is 12.8 Å². The molecule has 4 aromatic rings. The Morgan fingerprint density at radius 1 is 1.16 bits per heavy atom. The van der Waals surface area contributed by atoms with E-state index >= 15 is 0 Å². The number of rotatable bonds is 9. The van der Waals surface area contributed by atoms with Crippen LogP contribution in [0.4, 0.5) is 18.9 Å². The number of nitrogens with one attached hydrogen (secondary N) is 1. The van der Waals surface area contributed by atoms with Crippen LogP contribution < -0.4 is 20.7 Å². The van der Waals surface area contributed by atoms with Crippen molar-refractivity contribution in [3.63, 3.8) is 0 Å². The summed E-state index contributed by atoms with van der Waals surface area (Å²) in [4.78, 5) is 35.5. The number of alkyl halides is 3. The molecule has 1 aliphatic rings. The van der Waals surface area contributed by atoms with Gasteiger partial charge in [-0.2, -0.15) is 23.5 Å². The second kappa shape index (κ2) is 12.2. The lowest BCUT2D eigenvalue weighted by Crippen LogP contribution is -2.36. The first kappa shape index (κ1) is 30.8. The number of H-pyrrole nitrogens is 1. The number of nitrogens with zero attached hydrogens (tertiary/aromatic N) is 5. The topological polar surface area (TPSA) is 117 Å². The van der Waals surface area contributed by atoms with Gasteiger partial charge in [-0.3, -0.25) is 14.3 Å². The molecule has 228 valence electrons. The number of halogens is 3. The van der Waals surface area contributed by atoms with Crippen molar-refractivity contribution in [3.8, 4) is 23.2 Å². The molecule has 1 saturated heterocycles. The summed E-state index contributed by atoms with van der Waals surface area (Å²) in [6.07, 6.45) is -2.55. The van der Waals surface area contributed by atoms with Gasteiger partial charge in [-0.1, -0.05) is 37.9 Å². The van der Waals surface area contributed by atoms with Crippen LogP contribution in [0.15, 0.2) is 41.2 Å². The normalized spacial score (nSPS) is 16.9. The molecule has 44 heavy (non-hydrogen) atoms. The van der Waals surface area contributed by atoms with Crippen LogP contribution >= 0.6 is 0 Å². The van der Waals surface area contributed by atoms with Crippen molar-refractivity contribution in [3.05, 3.63) is 63.6 Å². The Bertz CT molecular complexity index is 1830. The summed E-state index contributed by atoms with van der Waals surface area (Å²) in [6, 6.07) is 10.2. The van der Waals surface area contributed by atoms with E-state index in [9.17, 15) is 28.0 Å². The molecule has 0 spiro atoms. The van der Waals surface area contributed by atoms with Gasteiger partial charge in [0.2, 0.25) is 5.91 Å². The first-order chi connectivity index (χ1) is 21.0. The van der Waals surface area contributed by atoms with E-state index in [2.05, 4.69) is 10.1 Å². The third-order valence-corrected chi connectivity index (χ3v) is 8.05. The fourth-order valence-electron chi connectivity index (χ4n) is 6.18. The van der Waals surface area contributed by atoms with Crippen molar-refractivity contribution in [2.24, 2.45) is 7.05 Å². The van der Waals surface area contributed by atoms with E-state index in [1.54, 1.807) is 19.2 Å². The third kappa shape index (κ3) is 5.68. The van der Waals surface area contributed by atoms with Crippen LogP contribution in [0, 0.1) is 11.3 Å². The molecule has 13 heteroatoms. The first-order valence-corrected chi connectivity index (χ1v) is 14.7. The van der Waals surface area contributed by atoms with E-state index in [1.165, 1.54) is 15.6 Å². The van der Waals surface area contributed by atoms with E-state index in [0.29, 0.717) is 54.9 Å². The van der Waals surface area contributed by atoms with Crippen LogP contribution in [0.2, 0.25) is 5.82 Å². The van der Waals surface area contributed by atoms with E-state index in [0.717, 1.165) is 29.7 Å². The second-order valence-corrected chi connectivity index (χ2v) is 10.9. The molecular weight excluding hydrogens is 572 g/mol. The molecule has 2 aromatic carbocycles. The zero-order valence-corrected chi connectivity index (χ0v) is 25.0. The number of ether oxygens (including phenoxy) is 1. The number of hydrogen-bond donors (Lipinski definition) is 1. The molecule has 0 saturated carbocycles. The molecule has 0 radical (unpaired) electrons. The summed E-state index contributed by atoms with van der Waals surface area (Å²) >= 11 is 0. The standard InChI is InChI=1S/C31H32BF3N6O3/c1-5-8-23-27-28(40(4)39-23)30(43)38-29(37-27)20-13-18(10-12-25(20)44-7-3)32-22-15-26(42)41(24(22)6-2)19-11-9-17(16-36)21(14-19)31(33,34)35/h9-14,22,24,32H,5-8,15H2,1-4H3,(H,37,38,43). The number of aromatic nitrogens is 4. The molecule has 1 fully saturated rings. The number of carbonyl (C=O) groups excluding carboxylic acids is 1. The lowest BCUT2D eigenvalue weighted by molar-refractivity contribution is -0.137. The Hall–Kier alpha value is -4.60. The Morgan fingerprint density at radius 3 is 2.59 bits per heavy atom. The Labute approximate surface area is 252 Å². The fraction of sp³-hybridized carbons (Fsp3) is 0.387. The van der Waals surface area contributed by atoms with Gasteiger partial charge in [0, 0.05) is 25.2 Å². The highest BCUT2D eigenvalue weighted by molar-refractivity contribution is 6.56. The van der Waals surface area contributed by atoms with Gasteiger partial charge in [0.05, 0.1) is 35.1 Å².